The predicted octanol–water partition coefficient (Wildman–Crippen LogP) is 1.23. The number of piperidine rings is 1. The number of nitrogens with zero attached hydrogens (tertiary/aromatic N) is 2. The van der Waals surface area contributed by atoms with Crippen LogP contribution in [0.4, 0.5) is 0 Å². The first kappa shape index (κ1) is 14.1. The van der Waals surface area contributed by atoms with Crippen LogP contribution in [0.5, 0.6) is 0 Å². The smallest absolute Gasteiger partial charge is 0.237 e. The van der Waals surface area contributed by atoms with Gasteiger partial charge in [0, 0.05) is 25.5 Å². The lowest BCUT2D eigenvalue weighted by atomic mass is 10.0. The Morgan fingerprint density at radius 2 is 2.42 bits per heavy atom. The molecule has 19 heavy (non-hydrogen) atoms. The molecule has 1 aliphatic heterocycles. The first-order chi connectivity index (χ1) is 9.27. The molecule has 1 fully saturated rings. The third-order valence-corrected chi connectivity index (χ3v) is 3.68. The maximum absolute atomic E-state index is 11.9. The first-order valence-corrected chi connectivity index (χ1v) is 7.26. The third kappa shape index (κ3) is 4.35. The van der Waals surface area contributed by atoms with Crippen LogP contribution < -0.4 is 10.6 Å². The number of unbranched alkanes of at least 4 members (excludes halogenated alkanes) is 1. The number of imidazole rings is 1. The molecule has 0 aromatic carbocycles. The molecular weight excluding hydrogens is 240 g/mol. The summed E-state index contributed by atoms with van der Waals surface area (Å²) < 4.78 is 2.14. The van der Waals surface area contributed by atoms with Crippen LogP contribution >= 0.6 is 0 Å². The monoisotopic (exact) mass is 264 g/mol. The highest BCUT2D eigenvalue weighted by Crippen LogP contribution is 2.06. The van der Waals surface area contributed by atoms with Crippen molar-refractivity contribution in [3.05, 3.63) is 18.2 Å². The van der Waals surface area contributed by atoms with Crippen molar-refractivity contribution in [2.24, 2.45) is 0 Å². The van der Waals surface area contributed by atoms with Gasteiger partial charge in [-0.3, -0.25) is 4.79 Å². The molecule has 2 rings (SSSR count). The normalized spacial score (nSPS) is 19.3. The molecule has 5 heteroatoms. The van der Waals surface area contributed by atoms with Crippen LogP contribution in [-0.4, -0.2) is 34.6 Å². The van der Waals surface area contributed by atoms with E-state index in [1.165, 1.54) is 6.42 Å². The van der Waals surface area contributed by atoms with Gasteiger partial charge in [0.1, 0.15) is 5.82 Å². The summed E-state index contributed by atoms with van der Waals surface area (Å²) in [6, 6.07) is 0.0321. The van der Waals surface area contributed by atoms with Gasteiger partial charge in [0.2, 0.25) is 5.91 Å². The van der Waals surface area contributed by atoms with Crippen LogP contribution in [0, 0.1) is 6.92 Å². The number of hydrogen-bond donors (Lipinski definition) is 2. The molecule has 2 N–H and O–H groups in total. The largest absolute Gasteiger partial charge is 0.355 e. The van der Waals surface area contributed by atoms with E-state index in [9.17, 15) is 4.79 Å². The molecular formula is C14H24N4O. The Morgan fingerprint density at radius 1 is 1.53 bits per heavy atom. The Bertz CT molecular complexity index is 396. The second-order valence-corrected chi connectivity index (χ2v) is 5.17. The third-order valence-electron chi connectivity index (χ3n) is 3.68. The van der Waals surface area contributed by atoms with E-state index in [1.54, 1.807) is 0 Å². The highest BCUT2D eigenvalue weighted by molar-refractivity contribution is 5.81. The lowest BCUT2D eigenvalue weighted by Gasteiger charge is -2.22. The number of aromatic nitrogens is 2. The number of hydrogen-bond acceptors (Lipinski definition) is 3. The van der Waals surface area contributed by atoms with Crippen LogP contribution in [-0.2, 0) is 11.3 Å². The van der Waals surface area contributed by atoms with Crippen LogP contribution in [0.25, 0.3) is 0 Å². The molecule has 1 aliphatic rings. The Hall–Kier alpha value is -1.36. The van der Waals surface area contributed by atoms with E-state index in [1.807, 2.05) is 19.3 Å². The zero-order chi connectivity index (χ0) is 13.5. The van der Waals surface area contributed by atoms with Gasteiger partial charge in [0.05, 0.1) is 6.04 Å². The lowest BCUT2D eigenvalue weighted by Crippen LogP contribution is -2.46. The fourth-order valence-electron chi connectivity index (χ4n) is 2.46. The van der Waals surface area contributed by atoms with Crippen molar-refractivity contribution in [2.75, 3.05) is 13.1 Å². The molecule has 0 saturated carbocycles. The van der Waals surface area contributed by atoms with Crippen molar-refractivity contribution in [3.63, 3.8) is 0 Å². The van der Waals surface area contributed by atoms with Crippen LogP contribution in [0.2, 0.25) is 0 Å². The summed E-state index contributed by atoms with van der Waals surface area (Å²) in [6.07, 6.45) is 9.22. The second kappa shape index (κ2) is 7.28. The molecule has 1 atom stereocenters. The van der Waals surface area contributed by atoms with Gasteiger partial charge in [-0.2, -0.15) is 0 Å². The Labute approximate surface area is 114 Å². The molecule has 0 spiro atoms. The molecule has 1 aromatic rings. The van der Waals surface area contributed by atoms with Gasteiger partial charge >= 0.3 is 0 Å². The molecule has 0 aliphatic carbocycles. The van der Waals surface area contributed by atoms with Crippen LogP contribution in [0.15, 0.2) is 12.4 Å². The topological polar surface area (TPSA) is 59.0 Å². The maximum Gasteiger partial charge on any atom is 0.237 e. The predicted molar refractivity (Wildman–Crippen MR) is 74.8 cm³/mol. The van der Waals surface area contributed by atoms with Crippen molar-refractivity contribution in [1.29, 1.82) is 0 Å². The van der Waals surface area contributed by atoms with Crippen molar-refractivity contribution in [3.8, 4) is 0 Å². The minimum Gasteiger partial charge on any atom is -0.355 e. The van der Waals surface area contributed by atoms with Crippen LogP contribution in [0.1, 0.15) is 37.9 Å². The van der Waals surface area contributed by atoms with E-state index in [0.717, 1.165) is 51.1 Å². The number of amides is 1. The first-order valence-electron chi connectivity index (χ1n) is 7.26. The molecule has 0 radical (unpaired) electrons. The van der Waals surface area contributed by atoms with Gasteiger partial charge in [-0.1, -0.05) is 6.42 Å². The SMILES string of the molecule is Cc1nccn1CCCCNC(=O)[C@H]1CCCCN1. The summed E-state index contributed by atoms with van der Waals surface area (Å²) in [5, 5.41) is 6.29. The zero-order valence-corrected chi connectivity index (χ0v) is 11.7. The number of rotatable bonds is 6. The molecule has 0 bridgehead atoms. The molecule has 5 nitrogen and oxygen atoms in total. The minimum atomic E-state index is 0.0321. The number of nitrogens with one attached hydrogen (secondary N) is 2. The van der Waals surface area contributed by atoms with Gasteiger partial charge in [-0.05, 0) is 39.2 Å². The quantitative estimate of drug-likeness (QED) is 0.760. The van der Waals surface area contributed by atoms with Crippen molar-refractivity contribution in [1.82, 2.24) is 20.2 Å². The Balaban J connectivity index is 1.56. The second-order valence-electron chi connectivity index (χ2n) is 5.17. The van der Waals surface area contributed by atoms with Gasteiger partial charge in [-0.25, -0.2) is 4.98 Å². The molecule has 1 aromatic heterocycles. The summed E-state index contributed by atoms with van der Waals surface area (Å²) in [6.45, 7) is 4.72. The Morgan fingerprint density at radius 3 is 3.11 bits per heavy atom. The molecule has 1 amide bonds. The molecule has 0 unspecified atom stereocenters. The maximum atomic E-state index is 11.9. The fraction of sp³-hybridized carbons (Fsp3) is 0.714. The average molecular weight is 264 g/mol. The fourth-order valence-corrected chi connectivity index (χ4v) is 2.46. The van der Waals surface area contributed by atoms with E-state index in [4.69, 9.17) is 0 Å². The van der Waals surface area contributed by atoms with E-state index in [-0.39, 0.29) is 11.9 Å². The summed E-state index contributed by atoms with van der Waals surface area (Å²) in [4.78, 5) is 16.0. The van der Waals surface area contributed by atoms with Crippen LogP contribution in [0.3, 0.4) is 0 Å². The van der Waals surface area contributed by atoms with Crippen molar-refractivity contribution < 1.29 is 4.79 Å². The molecule has 1 saturated heterocycles. The summed E-state index contributed by atoms with van der Waals surface area (Å²) >= 11 is 0. The number of carbonyl (C=O) groups is 1. The molecule has 106 valence electrons. The van der Waals surface area contributed by atoms with Gasteiger partial charge in [-0.15, -0.1) is 0 Å². The number of carbonyl (C=O) groups excluding carboxylic acids is 1. The van der Waals surface area contributed by atoms with E-state index in [0.29, 0.717) is 0 Å². The Kier molecular flexibility index (Phi) is 5.39. The van der Waals surface area contributed by atoms with Gasteiger partial charge in [0.25, 0.3) is 0 Å². The lowest BCUT2D eigenvalue weighted by molar-refractivity contribution is -0.123. The number of aryl methyl sites for hydroxylation is 2. The van der Waals surface area contributed by atoms with Gasteiger partial charge in [0.15, 0.2) is 0 Å². The van der Waals surface area contributed by atoms with E-state index < -0.39 is 0 Å². The highest BCUT2D eigenvalue weighted by Gasteiger charge is 2.19. The highest BCUT2D eigenvalue weighted by atomic mass is 16.2. The van der Waals surface area contributed by atoms with E-state index in [2.05, 4.69) is 20.2 Å². The summed E-state index contributed by atoms with van der Waals surface area (Å²) in [7, 11) is 0. The summed E-state index contributed by atoms with van der Waals surface area (Å²) in [5.74, 6) is 1.22. The summed E-state index contributed by atoms with van der Waals surface area (Å²) in [5.41, 5.74) is 0. The average Bonchev–Trinajstić information content (AvgIpc) is 2.85. The zero-order valence-electron chi connectivity index (χ0n) is 11.7. The van der Waals surface area contributed by atoms with E-state index >= 15 is 0 Å². The van der Waals surface area contributed by atoms with Crippen molar-refractivity contribution >= 4 is 5.91 Å². The van der Waals surface area contributed by atoms with Gasteiger partial charge < -0.3 is 15.2 Å². The molecule has 2 heterocycles. The van der Waals surface area contributed by atoms with Crippen molar-refractivity contribution in [2.45, 2.75) is 51.6 Å². The standard InChI is InChI=1S/C14H24N4O/c1-12-15-9-11-18(12)10-5-4-8-17-14(19)13-6-2-3-7-16-13/h9,11,13,16H,2-8,10H2,1H3,(H,17,19)/t13-/m1/s1. The minimum absolute atomic E-state index is 0.0321.